The number of hydrogen-bond donors (Lipinski definition) is 1. The molecule has 2 rings (SSSR count). The zero-order valence-electron chi connectivity index (χ0n) is 11.2. The molecule has 0 saturated carbocycles. The highest BCUT2D eigenvalue weighted by Crippen LogP contribution is 2.35. The molecule has 1 atom stereocenters. The van der Waals surface area contributed by atoms with Gasteiger partial charge in [0.2, 0.25) is 0 Å². The Balaban J connectivity index is 2.17. The molecule has 104 valence electrons. The Hall–Kier alpha value is -1.71. The molecule has 0 bridgehead atoms. The van der Waals surface area contributed by atoms with Crippen molar-refractivity contribution in [2.75, 3.05) is 13.2 Å². The molecule has 1 aromatic carbocycles. The number of carboxylic acid groups (broad SMARTS) is 1. The van der Waals surface area contributed by atoms with Gasteiger partial charge in [-0.15, -0.1) is 0 Å². The highest BCUT2D eigenvalue weighted by Gasteiger charge is 2.19. The predicted molar refractivity (Wildman–Crippen MR) is 72.0 cm³/mol. The number of fused-ring (bicyclic) bond motifs is 1. The predicted octanol–water partition coefficient (Wildman–Crippen LogP) is 3.21. The summed E-state index contributed by atoms with van der Waals surface area (Å²) in [5.74, 6) is 0.777. The van der Waals surface area contributed by atoms with Crippen LogP contribution in [0.4, 0.5) is 0 Å². The van der Waals surface area contributed by atoms with Crippen LogP contribution in [0.15, 0.2) is 18.2 Å². The number of hydrogen-bond acceptors (Lipinski definition) is 3. The summed E-state index contributed by atoms with van der Waals surface area (Å²) >= 11 is 0. The summed E-state index contributed by atoms with van der Waals surface area (Å²) in [7, 11) is 0. The number of benzene rings is 1. The lowest BCUT2D eigenvalue weighted by molar-refractivity contribution is -0.137. The summed E-state index contributed by atoms with van der Waals surface area (Å²) in [5, 5.41) is 9.03. The second kappa shape index (κ2) is 6.45. The monoisotopic (exact) mass is 264 g/mol. The van der Waals surface area contributed by atoms with Gasteiger partial charge in [-0.05, 0) is 30.0 Å². The van der Waals surface area contributed by atoms with Crippen molar-refractivity contribution in [1.82, 2.24) is 0 Å². The maximum absolute atomic E-state index is 11.0. The average Bonchev–Trinajstić information content (AvgIpc) is 2.42. The van der Waals surface area contributed by atoms with Crippen molar-refractivity contribution in [2.45, 2.75) is 38.5 Å². The number of rotatable bonds is 6. The van der Waals surface area contributed by atoms with Gasteiger partial charge in [-0.2, -0.15) is 0 Å². The van der Waals surface area contributed by atoms with E-state index in [9.17, 15) is 4.79 Å². The van der Waals surface area contributed by atoms with Crippen molar-refractivity contribution >= 4 is 5.97 Å². The smallest absolute Gasteiger partial charge is 0.303 e. The molecular formula is C15H20O4. The molecule has 0 amide bonds. The third kappa shape index (κ3) is 3.63. The van der Waals surface area contributed by atoms with E-state index in [4.69, 9.17) is 14.6 Å². The van der Waals surface area contributed by atoms with Crippen LogP contribution in [0, 0.1) is 0 Å². The van der Waals surface area contributed by atoms with Gasteiger partial charge in [0.05, 0.1) is 6.42 Å². The lowest BCUT2D eigenvalue weighted by Crippen LogP contribution is -2.16. The molecule has 1 N–H and O–H groups in total. The van der Waals surface area contributed by atoms with Crippen molar-refractivity contribution in [3.63, 3.8) is 0 Å². The maximum atomic E-state index is 11.0. The summed E-state index contributed by atoms with van der Waals surface area (Å²) in [5.41, 5.74) is 1.03. The lowest BCUT2D eigenvalue weighted by atomic mass is 9.90. The molecule has 0 aliphatic carbocycles. The van der Waals surface area contributed by atoms with Crippen LogP contribution in [-0.4, -0.2) is 24.3 Å². The summed E-state index contributed by atoms with van der Waals surface area (Å²) in [6.07, 6.45) is 3.16. The maximum Gasteiger partial charge on any atom is 0.303 e. The quantitative estimate of drug-likeness (QED) is 0.857. The average molecular weight is 264 g/mol. The lowest BCUT2D eigenvalue weighted by Gasteiger charge is -2.21. The Morgan fingerprint density at radius 3 is 2.74 bits per heavy atom. The van der Waals surface area contributed by atoms with Crippen molar-refractivity contribution in [3.8, 4) is 11.5 Å². The molecule has 0 saturated heterocycles. The Morgan fingerprint density at radius 1 is 1.32 bits per heavy atom. The molecular weight excluding hydrogens is 244 g/mol. The SMILES string of the molecule is CCCCC(CC(=O)O)c1ccc2c(c1)OCCO2. The molecule has 0 aromatic heterocycles. The van der Waals surface area contributed by atoms with E-state index in [1.54, 1.807) is 0 Å². The molecule has 4 heteroatoms. The molecule has 0 spiro atoms. The van der Waals surface area contributed by atoms with Crippen LogP contribution >= 0.6 is 0 Å². The standard InChI is InChI=1S/C15H20O4/c1-2-3-4-11(10-15(16)17)12-5-6-13-14(9-12)19-8-7-18-13/h5-6,9,11H,2-4,7-8,10H2,1H3,(H,16,17). The highest BCUT2D eigenvalue weighted by molar-refractivity contribution is 5.68. The fraction of sp³-hybridized carbons (Fsp3) is 0.533. The van der Waals surface area contributed by atoms with Gasteiger partial charge in [-0.25, -0.2) is 0 Å². The minimum Gasteiger partial charge on any atom is -0.486 e. The van der Waals surface area contributed by atoms with E-state index in [0.29, 0.717) is 13.2 Å². The minimum absolute atomic E-state index is 0.0493. The van der Waals surface area contributed by atoms with E-state index in [0.717, 1.165) is 36.3 Å². The molecule has 1 aliphatic heterocycles. The second-order valence-corrected chi connectivity index (χ2v) is 4.84. The van der Waals surface area contributed by atoms with E-state index in [1.165, 1.54) is 0 Å². The number of unbranched alkanes of at least 4 members (excludes halogenated alkanes) is 1. The van der Waals surface area contributed by atoms with E-state index in [-0.39, 0.29) is 12.3 Å². The van der Waals surface area contributed by atoms with Crippen LogP contribution in [-0.2, 0) is 4.79 Å². The molecule has 0 fully saturated rings. The van der Waals surface area contributed by atoms with Crippen molar-refractivity contribution in [2.24, 2.45) is 0 Å². The number of carboxylic acids is 1. The van der Waals surface area contributed by atoms with Crippen LogP contribution < -0.4 is 9.47 Å². The molecule has 4 nitrogen and oxygen atoms in total. The molecule has 1 aliphatic rings. The van der Waals surface area contributed by atoms with Crippen molar-refractivity contribution in [1.29, 1.82) is 0 Å². The van der Waals surface area contributed by atoms with Crippen LogP contribution in [0.25, 0.3) is 0 Å². The fourth-order valence-electron chi connectivity index (χ4n) is 2.36. The van der Waals surface area contributed by atoms with Gasteiger partial charge in [0.1, 0.15) is 13.2 Å². The molecule has 1 heterocycles. The van der Waals surface area contributed by atoms with Crippen LogP contribution in [0.1, 0.15) is 44.1 Å². The Labute approximate surface area is 113 Å². The normalized spacial score (nSPS) is 15.0. The van der Waals surface area contributed by atoms with Crippen LogP contribution in [0.5, 0.6) is 11.5 Å². The zero-order chi connectivity index (χ0) is 13.7. The first-order chi connectivity index (χ1) is 9.20. The first-order valence-corrected chi connectivity index (χ1v) is 6.82. The van der Waals surface area contributed by atoms with E-state index >= 15 is 0 Å². The third-order valence-electron chi connectivity index (χ3n) is 3.36. The first-order valence-electron chi connectivity index (χ1n) is 6.82. The van der Waals surface area contributed by atoms with Gasteiger partial charge in [-0.1, -0.05) is 25.8 Å². The molecule has 19 heavy (non-hydrogen) atoms. The number of aliphatic carboxylic acids is 1. The first kappa shape index (κ1) is 13.7. The summed E-state index contributed by atoms with van der Waals surface area (Å²) in [6, 6.07) is 5.76. The second-order valence-electron chi connectivity index (χ2n) is 4.84. The Morgan fingerprint density at radius 2 is 2.05 bits per heavy atom. The van der Waals surface area contributed by atoms with Gasteiger partial charge in [0, 0.05) is 0 Å². The van der Waals surface area contributed by atoms with E-state index in [1.807, 2.05) is 18.2 Å². The van der Waals surface area contributed by atoms with Gasteiger partial charge >= 0.3 is 5.97 Å². The van der Waals surface area contributed by atoms with Crippen LogP contribution in [0.3, 0.4) is 0 Å². The van der Waals surface area contributed by atoms with Crippen molar-refractivity contribution < 1.29 is 19.4 Å². The van der Waals surface area contributed by atoms with Gasteiger partial charge in [0.15, 0.2) is 11.5 Å². The summed E-state index contributed by atoms with van der Waals surface area (Å²) < 4.78 is 11.0. The topological polar surface area (TPSA) is 55.8 Å². The third-order valence-corrected chi connectivity index (χ3v) is 3.36. The Kier molecular flexibility index (Phi) is 4.66. The number of carbonyl (C=O) groups is 1. The fourth-order valence-corrected chi connectivity index (χ4v) is 2.36. The van der Waals surface area contributed by atoms with Gasteiger partial charge in [-0.3, -0.25) is 4.79 Å². The number of ether oxygens (including phenoxy) is 2. The largest absolute Gasteiger partial charge is 0.486 e. The minimum atomic E-state index is -0.754. The molecule has 1 unspecified atom stereocenters. The Bertz CT molecular complexity index is 442. The van der Waals surface area contributed by atoms with Gasteiger partial charge in [0.25, 0.3) is 0 Å². The van der Waals surface area contributed by atoms with Gasteiger partial charge < -0.3 is 14.6 Å². The van der Waals surface area contributed by atoms with E-state index < -0.39 is 5.97 Å². The highest BCUT2D eigenvalue weighted by atomic mass is 16.6. The summed E-state index contributed by atoms with van der Waals surface area (Å²) in [4.78, 5) is 11.0. The van der Waals surface area contributed by atoms with Crippen molar-refractivity contribution in [3.05, 3.63) is 23.8 Å². The summed E-state index contributed by atoms with van der Waals surface area (Å²) in [6.45, 7) is 3.23. The molecule has 0 radical (unpaired) electrons. The zero-order valence-corrected chi connectivity index (χ0v) is 11.2. The molecule has 1 aromatic rings. The van der Waals surface area contributed by atoms with Crippen LogP contribution in [0.2, 0.25) is 0 Å². The van der Waals surface area contributed by atoms with E-state index in [2.05, 4.69) is 6.92 Å².